The van der Waals surface area contributed by atoms with Gasteiger partial charge in [-0.3, -0.25) is 4.79 Å². The van der Waals surface area contributed by atoms with E-state index in [1.807, 2.05) is 12.1 Å². The molecule has 0 saturated heterocycles. The predicted molar refractivity (Wildman–Crippen MR) is 62.4 cm³/mol. The van der Waals surface area contributed by atoms with Crippen molar-refractivity contribution in [1.29, 1.82) is 0 Å². The third-order valence-corrected chi connectivity index (χ3v) is 3.24. The van der Waals surface area contributed by atoms with Gasteiger partial charge >= 0.3 is 0 Å². The number of hydrogen-bond acceptors (Lipinski definition) is 2. The van der Waals surface area contributed by atoms with E-state index in [9.17, 15) is 9.18 Å². The fraction of sp³-hybridized carbons (Fsp3) is 0.417. The van der Waals surface area contributed by atoms with Gasteiger partial charge in [-0.2, -0.15) is 0 Å². The van der Waals surface area contributed by atoms with Gasteiger partial charge in [0.05, 0.1) is 0 Å². The van der Waals surface area contributed by atoms with E-state index >= 15 is 0 Å². The molecule has 0 aromatic heterocycles. The van der Waals surface area contributed by atoms with Crippen LogP contribution in [0.5, 0.6) is 0 Å². The maximum absolute atomic E-state index is 13.2. The van der Waals surface area contributed by atoms with Gasteiger partial charge < -0.3 is 0 Å². The minimum Gasteiger partial charge on any atom is -0.295 e. The average molecular weight is 226 g/mol. The number of thioether (sulfide) groups is 1. The van der Waals surface area contributed by atoms with Crippen LogP contribution in [0.15, 0.2) is 29.2 Å². The zero-order valence-corrected chi connectivity index (χ0v) is 10.0. The maximum atomic E-state index is 13.2. The van der Waals surface area contributed by atoms with Gasteiger partial charge in [0.15, 0.2) is 5.78 Å². The summed E-state index contributed by atoms with van der Waals surface area (Å²) in [7, 11) is 0. The Labute approximate surface area is 94.1 Å². The lowest BCUT2D eigenvalue weighted by atomic mass is 10.2. The highest BCUT2D eigenvalue weighted by Crippen LogP contribution is 2.25. The fourth-order valence-corrected chi connectivity index (χ4v) is 1.95. The van der Waals surface area contributed by atoms with Crippen molar-refractivity contribution < 1.29 is 9.18 Å². The molecule has 0 aliphatic rings. The molecule has 0 spiro atoms. The summed E-state index contributed by atoms with van der Waals surface area (Å²) in [6, 6.07) is 7.29. The zero-order chi connectivity index (χ0) is 11.5. The van der Waals surface area contributed by atoms with Gasteiger partial charge in [-0.15, -0.1) is 11.8 Å². The van der Waals surface area contributed by atoms with Gasteiger partial charge in [0.1, 0.15) is 5.67 Å². The molecule has 0 bridgehead atoms. The van der Waals surface area contributed by atoms with E-state index in [0.717, 1.165) is 4.90 Å². The number of halogens is 1. The summed E-state index contributed by atoms with van der Waals surface area (Å²) in [4.78, 5) is 12.1. The molecule has 0 N–H and O–H groups in total. The quantitative estimate of drug-likeness (QED) is 0.575. The topological polar surface area (TPSA) is 17.1 Å². The van der Waals surface area contributed by atoms with Crippen LogP contribution >= 0.6 is 11.8 Å². The van der Waals surface area contributed by atoms with E-state index in [1.165, 1.54) is 18.7 Å². The van der Waals surface area contributed by atoms with Gasteiger partial charge in [-0.1, -0.05) is 12.1 Å². The Bertz CT molecular complexity index is 355. The highest BCUT2D eigenvalue weighted by Gasteiger charge is 2.15. The first kappa shape index (κ1) is 12.2. The van der Waals surface area contributed by atoms with Crippen molar-refractivity contribution in [2.24, 2.45) is 0 Å². The monoisotopic (exact) mass is 226 g/mol. The summed E-state index contributed by atoms with van der Waals surface area (Å²) >= 11 is 1.43. The van der Waals surface area contributed by atoms with Crippen LogP contribution in [-0.4, -0.2) is 17.2 Å². The molecule has 15 heavy (non-hydrogen) atoms. The van der Waals surface area contributed by atoms with E-state index in [0.29, 0.717) is 11.3 Å². The highest BCUT2D eigenvalue weighted by molar-refractivity contribution is 7.99. The molecule has 0 radical (unpaired) electrons. The number of ketones is 1. The third-order valence-electron chi connectivity index (χ3n) is 1.82. The SMILES string of the molecule is CC(=O)c1cccc(SCC(C)(C)F)c1. The van der Waals surface area contributed by atoms with Crippen LogP contribution in [0.25, 0.3) is 0 Å². The molecule has 0 atom stereocenters. The van der Waals surface area contributed by atoms with Crippen LogP contribution in [0.3, 0.4) is 0 Å². The standard InChI is InChI=1S/C12H15FOS/c1-9(14)10-5-4-6-11(7-10)15-8-12(2,3)13/h4-7H,8H2,1-3H3. The number of carbonyl (C=O) groups is 1. The second-order valence-electron chi connectivity index (χ2n) is 4.09. The first-order valence-corrected chi connectivity index (χ1v) is 5.80. The molecule has 0 aliphatic carbocycles. The van der Waals surface area contributed by atoms with Crippen LogP contribution in [0.1, 0.15) is 31.1 Å². The number of rotatable bonds is 4. The molecule has 0 fully saturated rings. The van der Waals surface area contributed by atoms with Gasteiger partial charge in [-0.25, -0.2) is 4.39 Å². The molecule has 1 aromatic rings. The van der Waals surface area contributed by atoms with Crippen molar-refractivity contribution in [3.63, 3.8) is 0 Å². The van der Waals surface area contributed by atoms with Gasteiger partial charge in [0.2, 0.25) is 0 Å². The lowest BCUT2D eigenvalue weighted by molar-refractivity contribution is 0.101. The number of alkyl halides is 1. The number of hydrogen-bond donors (Lipinski definition) is 0. The van der Waals surface area contributed by atoms with Crippen molar-refractivity contribution in [2.45, 2.75) is 31.3 Å². The Morgan fingerprint density at radius 2 is 2.13 bits per heavy atom. The first-order chi connectivity index (χ1) is 6.88. The molecule has 1 rings (SSSR count). The molecule has 0 amide bonds. The Morgan fingerprint density at radius 1 is 1.47 bits per heavy atom. The van der Waals surface area contributed by atoms with Crippen LogP contribution in [0, 0.1) is 0 Å². The minimum absolute atomic E-state index is 0.0389. The van der Waals surface area contributed by atoms with E-state index < -0.39 is 5.67 Å². The van der Waals surface area contributed by atoms with Crippen LogP contribution in [0.2, 0.25) is 0 Å². The normalized spacial score (nSPS) is 11.5. The zero-order valence-electron chi connectivity index (χ0n) is 9.21. The molecule has 0 aliphatic heterocycles. The van der Waals surface area contributed by atoms with E-state index in [2.05, 4.69) is 0 Å². The van der Waals surface area contributed by atoms with Crippen LogP contribution in [0.4, 0.5) is 4.39 Å². The van der Waals surface area contributed by atoms with Crippen molar-refractivity contribution >= 4 is 17.5 Å². The number of carbonyl (C=O) groups excluding carboxylic acids is 1. The van der Waals surface area contributed by atoms with Crippen LogP contribution < -0.4 is 0 Å². The Morgan fingerprint density at radius 3 is 2.67 bits per heavy atom. The average Bonchev–Trinajstić information content (AvgIpc) is 2.14. The Kier molecular flexibility index (Phi) is 3.91. The molecule has 0 heterocycles. The van der Waals surface area contributed by atoms with Crippen molar-refractivity contribution in [2.75, 3.05) is 5.75 Å². The molecular formula is C12H15FOS. The Balaban J connectivity index is 2.70. The second kappa shape index (κ2) is 4.79. The lowest BCUT2D eigenvalue weighted by Crippen LogP contribution is -2.14. The summed E-state index contributed by atoms with van der Waals surface area (Å²) in [5.41, 5.74) is -0.506. The molecule has 3 heteroatoms. The predicted octanol–water partition coefficient (Wildman–Crippen LogP) is 3.73. The maximum Gasteiger partial charge on any atom is 0.159 e. The summed E-state index contributed by atoms with van der Waals surface area (Å²) in [6.07, 6.45) is 0. The molecular weight excluding hydrogens is 211 g/mol. The summed E-state index contributed by atoms with van der Waals surface area (Å²) in [6.45, 7) is 4.63. The first-order valence-electron chi connectivity index (χ1n) is 4.81. The molecule has 1 nitrogen and oxygen atoms in total. The van der Waals surface area contributed by atoms with Crippen molar-refractivity contribution in [1.82, 2.24) is 0 Å². The molecule has 0 saturated carbocycles. The van der Waals surface area contributed by atoms with Crippen molar-refractivity contribution in [3.05, 3.63) is 29.8 Å². The largest absolute Gasteiger partial charge is 0.295 e. The van der Waals surface area contributed by atoms with Gasteiger partial charge in [-0.05, 0) is 32.9 Å². The van der Waals surface area contributed by atoms with Gasteiger partial charge in [0.25, 0.3) is 0 Å². The Hall–Kier alpha value is -0.830. The molecule has 0 unspecified atom stereocenters. The van der Waals surface area contributed by atoms with E-state index in [1.54, 1.807) is 26.0 Å². The van der Waals surface area contributed by atoms with Gasteiger partial charge in [0, 0.05) is 16.2 Å². The number of Topliss-reactive ketones (excluding diaryl/α,β-unsaturated/α-hetero) is 1. The third kappa shape index (κ3) is 4.47. The van der Waals surface area contributed by atoms with Crippen LogP contribution in [-0.2, 0) is 0 Å². The summed E-state index contributed by atoms with van der Waals surface area (Å²) in [5.74, 6) is 0.436. The summed E-state index contributed by atoms with van der Waals surface area (Å²) < 4.78 is 13.2. The lowest BCUT2D eigenvalue weighted by Gasteiger charge is -2.13. The minimum atomic E-state index is -1.18. The smallest absolute Gasteiger partial charge is 0.159 e. The van der Waals surface area contributed by atoms with E-state index in [4.69, 9.17) is 0 Å². The molecule has 82 valence electrons. The molecule has 1 aromatic carbocycles. The highest BCUT2D eigenvalue weighted by atomic mass is 32.2. The summed E-state index contributed by atoms with van der Waals surface area (Å²) in [5, 5.41) is 0. The fourth-order valence-electron chi connectivity index (χ4n) is 1.06. The number of benzene rings is 1. The second-order valence-corrected chi connectivity index (χ2v) is 5.14. The van der Waals surface area contributed by atoms with E-state index in [-0.39, 0.29) is 5.78 Å². The van der Waals surface area contributed by atoms with Crippen molar-refractivity contribution in [3.8, 4) is 0 Å².